The van der Waals surface area contributed by atoms with Crippen LogP contribution in [0, 0.1) is 0 Å². The molecular formula is C22H28ClN3O4S2. The molecule has 0 spiro atoms. The lowest BCUT2D eigenvalue weighted by molar-refractivity contribution is -0.134. The minimum absolute atomic E-state index is 0.0103. The molecule has 0 radical (unpaired) electrons. The highest BCUT2D eigenvalue weighted by Crippen LogP contribution is 2.28. The summed E-state index contributed by atoms with van der Waals surface area (Å²) in [6, 6.07) is 9.68. The van der Waals surface area contributed by atoms with Gasteiger partial charge in [0.2, 0.25) is 5.91 Å². The molecule has 0 aliphatic carbocycles. The molecule has 1 aromatic heterocycles. The van der Waals surface area contributed by atoms with E-state index < -0.39 is 16.1 Å². The van der Waals surface area contributed by atoms with Crippen molar-refractivity contribution in [1.82, 2.24) is 14.5 Å². The van der Waals surface area contributed by atoms with E-state index in [0.717, 1.165) is 16.9 Å². The zero-order valence-corrected chi connectivity index (χ0v) is 21.0. The molecule has 2 amide bonds. The summed E-state index contributed by atoms with van der Waals surface area (Å²) in [6.07, 6.45) is 0. The van der Waals surface area contributed by atoms with E-state index in [9.17, 15) is 18.0 Å². The Morgan fingerprint density at radius 1 is 1.03 bits per heavy atom. The number of carbonyl (C=O) groups excluding carboxylic acids is 2. The third-order valence-corrected chi connectivity index (χ3v) is 9.02. The summed E-state index contributed by atoms with van der Waals surface area (Å²) >= 11 is 6.88. The van der Waals surface area contributed by atoms with E-state index in [1.54, 1.807) is 30.0 Å². The molecule has 3 rings (SSSR count). The molecular weight excluding hydrogens is 470 g/mol. The first kappa shape index (κ1) is 24.7. The van der Waals surface area contributed by atoms with Crippen LogP contribution >= 0.6 is 22.9 Å². The van der Waals surface area contributed by atoms with Crippen molar-refractivity contribution in [2.24, 2.45) is 0 Å². The molecule has 174 valence electrons. The van der Waals surface area contributed by atoms with E-state index in [2.05, 4.69) is 26.1 Å². The Balaban J connectivity index is 1.56. The highest BCUT2D eigenvalue weighted by Gasteiger charge is 2.32. The van der Waals surface area contributed by atoms with Crippen molar-refractivity contribution in [3.8, 4) is 0 Å². The third-order valence-electron chi connectivity index (χ3n) is 5.42. The molecule has 1 N–H and O–H groups in total. The molecule has 1 saturated heterocycles. The van der Waals surface area contributed by atoms with Crippen molar-refractivity contribution in [2.75, 3.05) is 26.2 Å². The largest absolute Gasteiger partial charge is 0.341 e. The first-order valence-electron chi connectivity index (χ1n) is 10.4. The summed E-state index contributed by atoms with van der Waals surface area (Å²) < 4.78 is 27.4. The molecule has 1 atom stereocenters. The number of nitrogens with one attached hydrogen (secondary N) is 1. The number of rotatable bonds is 5. The number of halogens is 1. The normalized spacial score (nSPS) is 16.6. The maximum atomic E-state index is 12.8. The molecule has 2 heterocycles. The maximum absolute atomic E-state index is 12.8. The number of hydrogen-bond donors (Lipinski definition) is 1. The summed E-state index contributed by atoms with van der Waals surface area (Å²) in [5, 5.41) is 2.75. The SMILES string of the molecule is CC(NC(=O)c1ccc(C(C)(C)C)cc1)C(=O)N1CCN(S(=O)(=O)c2ccc(Cl)s2)CC1. The van der Waals surface area contributed by atoms with Gasteiger partial charge in [-0.3, -0.25) is 9.59 Å². The highest BCUT2D eigenvalue weighted by atomic mass is 35.5. The number of nitrogens with zero attached hydrogens (tertiary/aromatic N) is 2. The number of benzene rings is 1. The van der Waals surface area contributed by atoms with Crippen LogP contribution in [0.4, 0.5) is 0 Å². The van der Waals surface area contributed by atoms with Crippen LogP contribution in [0.2, 0.25) is 4.34 Å². The number of piperazine rings is 1. The van der Waals surface area contributed by atoms with Crippen LogP contribution < -0.4 is 5.32 Å². The van der Waals surface area contributed by atoms with E-state index in [-0.39, 0.29) is 47.6 Å². The van der Waals surface area contributed by atoms with Crippen LogP contribution in [0.3, 0.4) is 0 Å². The Labute approximate surface area is 198 Å². The second kappa shape index (κ2) is 9.51. The van der Waals surface area contributed by atoms with Crippen LogP contribution in [0.15, 0.2) is 40.6 Å². The van der Waals surface area contributed by atoms with Gasteiger partial charge in [-0.05, 0) is 42.2 Å². The number of carbonyl (C=O) groups is 2. The van der Waals surface area contributed by atoms with Gasteiger partial charge < -0.3 is 10.2 Å². The summed E-state index contributed by atoms with van der Waals surface area (Å²) in [6.45, 7) is 8.85. The monoisotopic (exact) mass is 497 g/mol. The zero-order chi connectivity index (χ0) is 23.7. The topological polar surface area (TPSA) is 86.8 Å². The average molecular weight is 498 g/mol. The fourth-order valence-electron chi connectivity index (χ4n) is 3.45. The fourth-order valence-corrected chi connectivity index (χ4v) is 6.51. The van der Waals surface area contributed by atoms with Gasteiger partial charge in [-0.1, -0.05) is 44.5 Å². The van der Waals surface area contributed by atoms with E-state index in [1.165, 1.54) is 10.4 Å². The lowest BCUT2D eigenvalue weighted by Crippen LogP contribution is -2.55. The average Bonchev–Trinajstić information content (AvgIpc) is 3.20. The van der Waals surface area contributed by atoms with Crippen LogP contribution in [0.25, 0.3) is 0 Å². The molecule has 1 aromatic carbocycles. The van der Waals surface area contributed by atoms with Crippen molar-refractivity contribution in [3.63, 3.8) is 0 Å². The molecule has 2 aromatic rings. The van der Waals surface area contributed by atoms with Crippen molar-refractivity contribution in [1.29, 1.82) is 0 Å². The van der Waals surface area contributed by atoms with Gasteiger partial charge in [0.05, 0.1) is 4.34 Å². The molecule has 1 unspecified atom stereocenters. The Kier molecular flexibility index (Phi) is 7.34. The van der Waals surface area contributed by atoms with Crippen molar-refractivity contribution in [2.45, 2.75) is 43.4 Å². The molecule has 1 aliphatic rings. The predicted molar refractivity (Wildman–Crippen MR) is 127 cm³/mol. The van der Waals surface area contributed by atoms with Gasteiger partial charge in [-0.15, -0.1) is 11.3 Å². The lowest BCUT2D eigenvalue weighted by Gasteiger charge is -2.35. The Morgan fingerprint density at radius 2 is 1.62 bits per heavy atom. The molecule has 10 heteroatoms. The van der Waals surface area contributed by atoms with Gasteiger partial charge in [0, 0.05) is 31.7 Å². The summed E-state index contributed by atoms with van der Waals surface area (Å²) in [5.41, 5.74) is 1.60. The second-order valence-electron chi connectivity index (χ2n) is 8.81. The van der Waals surface area contributed by atoms with Crippen LogP contribution in [-0.4, -0.2) is 61.7 Å². The van der Waals surface area contributed by atoms with Gasteiger partial charge in [0.25, 0.3) is 15.9 Å². The first-order valence-corrected chi connectivity index (χ1v) is 13.0. The number of amides is 2. The van der Waals surface area contributed by atoms with Gasteiger partial charge in [0.1, 0.15) is 10.3 Å². The minimum Gasteiger partial charge on any atom is -0.341 e. The standard InChI is InChI=1S/C22H28ClN3O4S2/c1-15(24-20(27)16-5-7-17(8-6-16)22(2,3)4)21(28)25-11-13-26(14-12-25)32(29,30)19-10-9-18(23)31-19/h5-10,15H,11-14H2,1-4H3,(H,24,27). The molecule has 1 fully saturated rings. The summed E-state index contributed by atoms with van der Waals surface area (Å²) in [4.78, 5) is 27.0. The Hall–Kier alpha value is -1.94. The highest BCUT2D eigenvalue weighted by molar-refractivity contribution is 7.91. The quantitative estimate of drug-likeness (QED) is 0.686. The second-order valence-corrected chi connectivity index (χ2v) is 12.7. The summed E-state index contributed by atoms with van der Waals surface area (Å²) in [7, 11) is -3.62. The van der Waals surface area contributed by atoms with Crippen LogP contribution in [-0.2, 0) is 20.2 Å². The molecule has 7 nitrogen and oxygen atoms in total. The Morgan fingerprint density at radius 3 is 2.12 bits per heavy atom. The number of hydrogen-bond acceptors (Lipinski definition) is 5. The molecule has 32 heavy (non-hydrogen) atoms. The van der Waals surface area contributed by atoms with Gasteiger partial charge in [-0.25, -0.2) is 8.42 Å². The molecule has 1 aliphatic heterocycles. The summed E-state index contributed by atoms with van der Waals surface area (Å²) in [5.74, 6) is -0.553. The third kappa shape index (κ3) is 5.51. The van der Waals surface area contributed by atoms with E-state index in [4.69, 9.17) is 11.6 Å². The Bertz CT molecular complexity index is 1080. The van der Waals surface area contributed by atoms with Crippen molar-refractivity contribution < 1.29 is 18.0 Å². The molecule has 0 bridgehead atoms. The first-order chi connectivity index (χ1) is 14.9. The smallest absolute Gasteiger partial charge is 0.252 e. The number of thiophene rings is 1. The zero-order valence-electron chi connectivity index (χ0n) is 18.6. The van der Waals surface area contributed by atoms with Gasteiger partial charge in [0.15, 0.2) is 0 Å². The molecule has 0 saturated carbocycles. The predicted octanol–water partition coefficient (Wildman–Crippen LogP) is 3.35. The maximum Gasteiger partial charge on any atom is 0.252 e. The van der Waals surface area contributed by atoms with Gasteiger partial charge in [-0.2, -0.15) is 4.31 Å². The van der Waals surface area contributed by atoms with Crippen LogP contribution in [0.1, 0.15) is 43.6 Å². The van der Waals surface area contributed by atoms with Crippen molar-refractivity contribution in [3.05, 3.63) is 51.9 Å². The van der Waals surface area contributed by atoms with E-state index in [1.807, 2.05) is 12.1 Å². The fraction of sp³-hybridized carbons (Fsp3) is 0.455. The lowest BCUT2D eigenvalue weighted by atomic mass is 9.86. The number of sulfonamides is 1. The minimum atomic E-state index is -3.62. The van der Waals surface area contributed by atoms with E-state index >= 15 is 0 Å². The van der Waals surface area contributed by atoms with E-state index in [0.29, 0.717) is 9.90 Å². The van der Waals surface area contributed by atoms with Gasteiger partial charge >= 0.3 is 0 Å². The van der Waals surface area contributed by atoms with Crippen molar-refractivity contribution >= 4 is 44.8 Å². The van der Waals surface area contributed by atoms with Crippen LogP contribution in [0.5, 0.6) is 0 Å².